The average Bonchev–Trinajstić information content (AvgIpc) is 3.38. The highest BCUT2D eigenvalue weighted by Crippen LogP contribution is 2.28. The summed E-state index contributed by atoms with van der Waals surface area (Å²) in [6.45, 7) is 0.235. The van der Waals surface area contributed by atoms with E-state index in [9.17, 15) is 9.59 Å². The van der Waals surface area contributed by atoms with Gasteiger partial charge in [0.25, 0.3) is 11.8 Å². The van der Waals surface area contributed by atoms with Crippen molar-refractivity contribution in [2.24, 2.45) is 5.92 Å². The topological polar surface area (TPSA) is 105 Å². The zero-order valence-corrected chi connectivity index (χ0v) is 15.2. The molecular weight excluding hydrogens is 350 g/mol. The summed E-state index contributed by atoms with van der Waals surface area (Å²) in [6.07, 6.45) is 5.60. The van der Waals surface area contributed by atoms with Crippen LogP contribution in [-0.4, -0.2) is 47.3 Å². The molecule has 1 aliphatic carbocycles. The number of benzene rings is 1. The van der Waals surface area contributed by atoms with E-state index in [1.54, 1.807) is 36.9 Å². The van der Waals surface area contributed by atoms with Crippen LogP contribution in [0, 0.1) is 5.92 Å². The zero-order valence-electron chi connectivity index (χ0n) is 15.2. The zero-order chi connectivity index (χ0) is 19.2. The molecule has 1 aromatic carbocycles. The number of aromatic nitrogens is 1. The van der Waals surface area contributed by atoms with Gasteiger partial charge in [0.1, 0.15) is 29.8 Å². The average molecular weight is 373 g/mol. The maximum atomic E-state index is 13.1. The van der Waals surface area contributed by atoms with E-state index in [2.05, 4.69) is 5.16 Å². The molecule has 144 valence electrons. The first-order chi connectivity index (χ1) is 13.1. The fourth-order valence-electron chi connectivity index (χ4n) is 3.45. The van der Waals surface area contributed by atoms with E-state index >= 15 is 0 Å². The molecule has 1 fully saturated rings. The van der Waals surface area contributed by atoms with Gasteiger partial charge in [-0.3, -0.25) is 14.8 Å². The molecule has 1 aromatic heterocycles. The van der Waals surface area contributed by atoms with Gasteiger partial charge in [-0.15, -0.1) is 0 Å². The maximum Gasteiger partial charge on any atom is 0.262 e. The predicted molar refractivity (Wildman–Crippen MR) is 96.3 cm³/mol. The summed E-state index contributed by atoms with van der Waals surface area (Å²) >= 11 is 0. The normalized spacial score (nSPS) is 14.1. The van der Waals surface area contributed by atoms with Crippen molar-refractivity contribution in [2.45, 2.75) is 25.7 Å². The minimum Gasteiger partial charge on any atom is -0.497 e. The molecule has 8 nitrogen and oxygen atoms in total. The molecule has 1 aliphatic rings. The summed E-state index contributed by atoms with van der Waals surface area (Å²) < 4.78 is 10.2. The Kier molecular flexibility index (Phi) is 6.08. The summed E-state index contributed by atoms with van der Waals surface area (Å²) in [5.74, 6) is 0.0590. The minimum atomic E-state index is -0.635. The largest absolute Gasteiger partial charge is 0.497 e. The Balaban J connectivity index is 1.84. The number of nitrogens with one attached hydrogen (secondary N) is 1. The molecule has 0 radical (unpaired) electrons. The van der Waals surface area contributed by atoms with Crippen LogP contribution < -0.4 is 10.2 Å². The van der Waals surface area contributed by atoms with E-state index in [4.69, 9.17) is 14.5 Å². The highest BCUT2D eigenvalue weighted by atomic mass is 16.5. The van der Waals surface area contributed by atoms with Gasteiger partial charge in [0.15, 0.2) is 0 Å². The smallest absolute Gasteiger partial charge is 0.262 e. The van der Waals surface area contributed by atoms with Gasteiger partial charge in [0.05, 0.1) is 7.11 Å². The van der Waals surface area contributed by atoms with Crippen molar-refractivity contribution >= 4 is 11.8 Å². The Morgan fingerprint density at radius 3 is 2.63 bits per heavy atom. The van der Waals surface area contributed by atoms with Crippen molar-refractivity contribution in [1.82, 2.24) is 15.5 Å². The summed E-state index contributed by atoms with van der Waals surface area (Å²) in [7, 11) is 1.58. The molecule has 1 saturated carbocycles. The second kappa shape index (κ2) is 8.68. The molecule has 0 saturated heterocycles. The molecule has 0 aliphatic heterocycles. The minimum absolute atomic E-state index is 0.223. The summed E-state index contributed by atoms with van der Waals surface area (Å²) in [5.41, 5.74) is 2.99. The maximum absolute atomic E-state index is 13.1. The van der Waals surface area contributed by atoms with Crippen LogP contribution in [0.1, 0.15) is 36.0 Å². The van der Waals surface area contributed by atoms with Crippen molar-refractivity contribution in [1.29, 1.82) is 0 Å². The SMILES string of the molecule is COc1ccc(-c2nocc2C(=O)N(CC(=O)NO)CC2CCCC2)cc1. The molecule has 2 aromatic rings. The fraction of sp³-hybridized carbons (Fsp3) is 0.421. The van der Waals surface area contributed by atoms with Crippen LogP contribution in [-0.2, 0) is 4.79 Å². The van der Waals surface area contributed by atoms with Gasteiger partial charge >= 0.3 is 0 Å². The van der Waals surface area contributed by atoms with Gasteiger partial charge in [-0.05, 0) is 43.0 Å². The molecule has 2 N–H and O–H groups in total. The van der Waals surface area contributed by atoms with Crippen LogP contribution in [0.5, 0.6) is 5.75 Å². The van der Waals surface area contributed by atoms with Gasteiger partial charge < -0.3 is 14.2 Å². The predicted octanol–water partition coefficient (Wildman–Crippen LogP) is 2.49. The standard InChI is InChI=1S/C19H23N3O5/c1-26-15-8-6-14(7-9-15)18-16(12-27-21-18)19(24)22(11-17(23)20-25)10-13-4-2-3-5-13/h6-9,12-13,25H,2-5,10-11H2,1H3,(H,20,23). The summed E-state index contributed by atoms with van der Waals surface area (Å²) in [5, 5.41) is 12.8. The van der Waals surface area contributed by atoms with Crippen molar-refractivity contribution in [3.8, 4) is 17.0 Å². The number of hydrogen-bond donors (Lipinski definition) is 2. The second-order valence-electron chi connectivity index (χ2n) is 6.68. The van der Waals surface area contributed by atoms with Crippen LogP contribution in [0.15, 0.2) is 35.1 Å². The number of methoxy groups -OCH3 is 1. The molecule has 3 rings (SSSR count). The third kappa shape index (κ3) is 4.46. The number of amides is 2. The fourth-order valence-corrected chi connectivity index (χ4v) is 3.45. The second-order valence-corrected chi connectivity index (χ2v) is 6.68. The molecule has 0 bridgehead atoms. The van der Waals surface area contributed by atoms with E-state index in [0.717, 1.165) is 25.7 Å². The van der Waals surface area contributed by atoms with Crippen molar-refractivity contribution < 1.29 is 24.1 Å². The Morgan fingerprint density at radius 1 is 1.30 bits per heavy atom. The number of hydrogen-bond acceptors (Lipinski definition) is 6. The molecule has 0 unspecified atom stereocenters. The number of carbonyl (C=O) groups excluding carboxylic acids is 2. The van der Waals surface area contributed by atoms with Gasteiger partial charge in [-0.1, -0.05) is 18.0 Å². The quantitative estimate of drug-likeness (QED) is 0.571. The first-order valence-electron chi connectivity index (χ1n) is 8.93. The molecule has 0 atom stereocenters. The first kappa shape index (κ1) is 18.9. The van der Waals surface area contributed by atoms with Crippen LogP contribution in [0.4, 0.5) is 0 Å². The number of hydroxylamine groups is 1. The molecule has 0 spiro atoms. The van der Waals surface area contributed by atoms with E-state index in [-0.39, 0.29) is 18.0 Å². The number of carbonyl (C=O) groups is 2. The lowest BCUT2D eigenvalue weighted by atomic mass is 10.0. The van der Waals surface area contributed by atoms with Gasteiger partial charge in [0.2, 0.25) is 0 Å². The lowest BCUT2D eigenvalue weighted by Gasteiger charge is -2.24. The number of nitrogens with zero attached hydrogens (tertiary/aromatic N) is 2. The van der Waals surface area contributed by atoms with Crippen LogP contribution in [0.25, 0.3) is 11.3 Å². The van der Waals surface area contributed by atoms with E-state index < -0.39 is 5.91 Å². The molecule has 1 heterocycles. The highest BCUT2D eigenvalue weighted by molar-refractivity contribution is 6.01. The van der Waals surface area contributed by atoms with E-state index in [0.29, 0.717) is 29.5 Å². The number of ether oxygens (including phenoxy) is 1. The molecule has 27 heavy (non-hydrogen) atoms. The molecule has 2 amide bonds. The van der Waals surface area contributed by atoms with Crippen molar-refractivity contribution in [3.63, 3.8) is 0 Å². The lowest BCUT2D eigenvalue weighted by molar-refractivity contribution is -0.130. The van der Waals surface area contributed by atoms with Crippen molar-refractivity contribution in [3.05, 3.63) is 36.1 Å². The Hall–Kier alpha value is -2.87. The van der Waals surface area contributed by atoms with Crippen LogP contribution in [0.3, 0.4) is 0 Å². The summed E-state index contributed by atoms with van der Waals surface area (Å²) in [6, 6.07) is 7.12. The molecular formula is C19H23N3O5. The third-order valence-electron chi connectivity index (χ3n) is 4.86. The van der Waals surface area contributed by atoms with Gasteiger partial charge in [-0.25, -0.2) is 5.48 Å². The van der Waals surface area contributed by atoms with Crippen molar-refractivity contribution in [2.75, 3.05) is 20.2 Å². The molecule has 8 heteroatoms. The Labute approximate surface area is 157 Å². The van der Waals surface area contributed by atoms with Gasteiger partial charge in [-0.2, -0.15) is 0 Å². The highest BCUT2D eigenvalue weighted by Gasteiger charge is 2.28. The monoisotopic (exact) mass is 373 g/mol. The Bertz CT molecular complexity index is 781. The van der Waals surface area contributed by atoms with Gasteiger partial charge in [0, 0.05) is 12.1 Å². The Morgan fingerprint density at radius 2 is 2.00 bits per heavy atom. The number of rotatable bonds is 7. The third-order valence-corrected chi connectivity index (χ3v) is 4.86. The van der Waals surface area contributed by atoms with Crippen LogP contribution in [0.2, 0.25) is 0 Å². The first-order valence-corrected chi connectivity index (χ1v) is 8.93. The van der Waals surface area contributed by atoms with E-state index in [1.165, 1.54) is 11.2 Å². The summed E-state index contributed by atoms with van der Waals surface area (Å²) in [4.78, 5) is 26.2. The van der Waals surface area contributed by atoms with E-state index in [1.807, 2.05) is 0 Å². The lowest BCUT2D eigenvalue weighted by Crippen LogP contribution is -2.42. The van der Waals surface area contributed by atoms with Crippen LogP contribution >= 0.6 is 0 Å².